The Morgan fingerprint density at radius 1 is 1.09 bits per heavy atom. The fourth-order valence-corrected chi connectivity index (χ4v) is 4.35. The molecular weight excluding hydrogens is 454 g/mol. The van der Waals surface area contributed by atoms with Gasteiger partial charge in [-0.3, -0.25) is 13.9 Å². The van der Waals surface area contributed by atoms with Crippen molar-refractivity contribution in [3.8, 4) is 5.75 Å². The molecule has 186 valence electrons. The number of nitrogens with one attached hydrogen (secondary N) is 1. The molecule has 2 aromatic rings. The van der Waals surface area contributed by atoms with Gasteiger partial charge in [0.1, 0.15) is 18.3 Å². The van der Waals surface area contributed by atoms with E-state index in [4.69, 9.17) is 4.74 Å². The number of carbonyl (C=O) groups is 2. The molecule has 8 nitrogen and oxygen atoms in total. The van der Waals surface area contributed by atoms with Gasteiger partial charge in [-0.05, 0) is 52.3 Å². The maximum atomic E-state index is 13.6. The maximum Gasteiger partial charge on any atom is 0.244 e. The van der Waals surface area contributed by atoms with Crippen molar-refractivity contribution in [1.29, 1.82) is 0 Å². The fourth-order valence-electron chi connectivity index (χ4n) is 3.49. The molecule has 0 unspecified atom stereocenters. The fraction of sp³-hybridized carbons (Fsp3) is 0.440. The first-order valence-corrected chi connectivity index (χ1v) is 12.9. The minimum absolute atomic E-state index is 0.156. The Morgan fingerprint density at radius 2 is 1.74 bits per heavy atom. The van der Waals surface area contributed by atoms with Gasteiger partial charge in [-0.2, -0.15) is 0 Å². The minimum atomic E-state index is -3.83. The first kappa shape index (κ1) is 27.2. The van der Waals surface area contributed by atoms with Gasteiger partial charge >= 0.3 is 0 Å². The van der Waals surface area contributed by atoms with E-state index in [1.165, 1.54) is 12.0 Å². The predicted octanol–water partition coefficient (Wildman–Crippen LogP) is 3.10. The van der Waals surface area contributed by atoms with E-state index in [1.54, 1.807) is 31.2 Å². The van der Waals surface area contributed by atoms with E-state index in [9.17, 15) is 18.0 Å². The van der Waals surface area contributed by atoms with Gasteiger partial charge in [-0.1, -0.05) is 42.0 Å². The Bertz CT molecular complexity index is 1130. The second kappa shape index (κ2) is 10.9. The van der Waals surface area contributed by atoms with E-state index in [1.807, 2.05) is 52.0 Å². The molecule has 34 heavy (non-hydrogen) atoms. The average Bonchev–Trinajstić information content (AvgIpc) is 2.73. The number of carbonyl (C=O) groups excluding carboxylic acids is 2. The quantitative estimate of drug-likeness (QED) is 0.584. The minimum Gasteiger partial charge on any atom is -0.495 e. The number of aryl methyl sites for hydroxylation is 1. The number of hydrogen-bond acceptors (Lipinski definition) is 5. The summed E-state index contributed by atoms with van der Waals surface area (Å²) in [5.74, 6) is -0.504. The van der Waals surface area contributed by atoms with Crippen molar-refractivity contribution in [3.63, 3.8) is 0 Å². The number of ether oxygens (including phenoxy) is 1. The Kier molecular flexibility index (Phi) is 8.72. The normalized spacial score (nSPS) is 12.6. The number of hydrogen-bond donors (Lipinski definition) is 1. The molecule has 0 saturated carbocycles. The van der Waals surface area contributed by atoms with Gasteiger partial charge in [-0.25, -0.2) is 8.42 Å². The summed E-state index contributed by atoms with van der Waals surface area (Å²) in [7, 11) is -2.39. The van der Waals surface area contributed by atoms with E-state index in [0.29, 0.717) is 5.75 Å². The molecule has 1 atom stereocenters. The van der Waals surface area contributed by atoms with Crippen molar-refractivity contribution >= 4 is 27.5 Å². The lowest BCUT2D eigenvalue weighted by Gasteiger charge is -2.33. The molecule has 1 N–H and O–H groups in total. The lowest BCUT2D eigenvalue weighted by atomic mass is 10.1. The molecule has 0 fully saturated rings. The Morgan fingerprint density at radius 3 is 2.29 bits per heavy atom. The summed E-state index contributed by atoms with van der Waals surface area (Å²) in [6, 6.07) is 13.4. The van der Waals surface area contributed by atoms with Crippen LogP contribution < -0.4 is 14.4 Å². The number of methoxy groups -OCH3 is 1. The van der Waals surface area contributed by atoms with Crippen LogP contribution >= 0.6 is 0 Å². The van der Waals surface area contributed by atoms with Crippen LogP contribution in [0.3, 0.4) is 0 Å². The Balaban J connectivity index is 2.44. The van der Waals surface area contributed by atoms with Gasteiger partial charge in [0, 0.05) is 12.1 Å². The van der Waals surface area contributed by atoms with E-state index in [-0.39, 0.29) is 18.1 Å². The van der Waals surface area contributed by atoms with Crippen LogP contribution in [0.15, 0.2) is 48.5 Å². The number of para-hydroxylation sites is 2. The molecule has 0 bridgehead atoms. The predicted molar refractivity (Wildman–Crippen MR) is 134 cm³/mol. The lowest BCUT2D eigenvalue weighted by Crippen LogP contribution is -2.54. The van der Waals surface area contributed by atoms with E-state index < -0.39 is 34.1 Å². The molecule has 2 amide bonds. The molecule has 0 heterocycles. The third-order valence-corrected chi connectivity index (χ3v) is 6.26. The molecule has 0 aromatic heterocycles. The number of sulfonamides is 1. The molecular formula is C25H35N3O5S. The highest BCUT2D eigenvalue weighted by molar-refractivity contribution is 7.92. The van der Waals surface area contributed by atoms with Crippen LogP contribution in [0, 0.1) is 6.92 Å². The van der Waals surface area contributed by atoms with Crippen molar-refractivity contribution in [3.05, 3.63) is 59.7 Å². The standard InChI is InChI=1S/C25H35N3O5S/c1-18-11-10-12-20(15-18)16-27(19(2)24(30)26-25(3,4)5)23(29)17-28(34(7,31)32)21-13-8-9-14-22(21)33-6/h8-15,19H,16-17H2,1-7H3,(H,26,30)/t19-/m1/s1. The maximum absolute atomic E-state index is 13.6. The summed E-state index contributed by atoms with van der Waals surface area (Å²) in [5, 5.41) is 2.90. The third-order valence-electron chi connectivity index (χ3n) is 5.13. The zero-order valence-electron chi connectivity index (χ0n) is 21.0. The Labute approximate surface area is 202 Å². The number of rotatable bonds is 9. The van der Waals surface area contributed by atoms with Crippen LogP contribution in [-0.2, 0) is 26.2 Å². The molecule has 0 spiro atoms. The highest BCUT2D eigenvalue weighted by atomic mass is 32.2. The molecule has 0 aliphatic carbocycles. The Hall–Kier alpha value is -3.07. The topological polar surface area (TPSA) is 96.0 Å². The van der Waals surface area contributed by atoms with Crippen LogP contribution in [0.25, 0.3) is 0 Å². The van der Waals surface area contributed by atoms with E-state index in [2.05, 4.69) is 5.32 Å². The van der Waals surface area contributed by atoms with Gasteiger partial charge in [0.2, 0.25) is 21.8 Å². The monoisotopic (exact) mass is 489 g/mol. The molecule has 0 aliphatic heterocycles. The average molecular weight is 490 g/mol. The first-order valence-electron chi connectivity index (χ1n) is 11.0. The zero-order valence-corrected chi connectivity index (χ0v) is 21.8. The van der Waals surface area contributed by atoms with Gasteiger partial charge in [-0.15, -0.1) is 0 Å². The zero-order chi connectivity index (χ0) is 25.7. The molecule has 0 aliphatic rings. The summed E-state index contributed by atoms with van der Waals surface area (Å²) < 4.78 is 31.7. The first-order chi connectivity index (χ1) is 15.7. The summed E-state index contributed by atoms with van der Waals surface area (Å²) >= 11 is 0. The number of nitrogens with zero attached hydrogens (tertiary/aromatic N) is 2. The van der Waals surface area contributed by atoms with Crippen molar-refractivity contribution in [2.45, 2.75) is 52.7 Å². The van der Waals surface area contributed by atoms with Gasteiger partial charge in [0.05, 0.1) is 19.1 Å². The van der Waals surface area contributed by atoms with Gasteiger partial charge in [0.25, 0.3) is 0 Å². The molecule has 0 saturated heterocycles. The second-order valence-electron chi connectivity index (χ2n) is 9.37. The van der Waals surface area contributed by atoms with Crippen molar-refractivity contribution in [2.24, 2.45) is 0 Å². The van der Waals surface area contributed by atoms with Gasteiger partial charge in [0.15, 0.2) is 0 Å². The third kappa shape index (κ3) is 7.48. The smallest absolute Gasteiger partial charge is 0.244 e. The molecule has 9 heteroatoms. The van der Waals surface area contributed by atoms with Crippen molar-refractivity contribution < 1.29 is 22.7 Å². The lowest BCUT2D eigenvalue weighted by molar-refractivity contribution is -0.140. The number of benzene rings is 2. The molecule has 0 radical (unpaired) electrons. The largest absolute Gasteiger partial charge is 0.495 e. The van der Waals surface area contributed by atoms with Crippen LogP contribution in [0.4, 0.5) is 5.69 Å². The highest BCUT2D eigenvalue weighted by Crippen LogP contribution is 2.29. The highest BCUT2D eigenvalue weighted by Gasteiger charge is 2.32. The number of amides is 2. The number of anilines is 1. The van der Waals surface area contributed by atoms with Gasteiger partial charge < -0.3 is 15.0 Å². The van der Waals surface area contributed by atoms with Crippen LogP contribution in [-0.4, -0.2) is 56.6 Å². The summed E-state index contributed by atoms with van der Waals surface area (Å²) in [5.41, 5.74) is 1.62. The SMILES string of the molecule is COc1ccccc1N(CC(=O)N(Cc1cccc(C)c1)[C@H](C)C(=O)NC(C)(C)C)S(C)(=O)=O. The van der Waals surface area contributed by atoms with Crippen molar-refractivity contribution in [1.82, 2.24) is 10.2 Å². The summed E-state index contributed by atoms with van der Waals surface area (Å²) in [6.07, 6.45) is 1.04. The second-order valence-corrected chi connectivity index (χ2v) is 11.3. The summed E-state index contributed by atoms with van der Waals surface area (Å²) in [6.45, 7) is 8.84. The van der Waals surface area contributed by atoms with Crippen LogP contribution in [0.1, 0.15) is 38.8 Å². The van der Waals surface area contributed by atoms with E-state index >= 15 is 0 Å². The van der Waals surface area contributed by atoms with E-state index in [0.717, 1.165) is 21.7 Å². The molecule has 2 rings (SSSR count). The summed E-state index contributed by atoms with van der Waals surface area (Å²) in [4.78, 5) is 27.9. The van der Waals surface area contributed by atoms with Crippen LogP contribution in [0.5, 0.6) is 5.75 Å². The van der Waals surface area contributed by atoms with Crippen LogP contribution in [0.2, 0.25) is 0 Å². The van der Waals surface area contributed by atoms with Crippen molar-refractivity contribution in [2.75, 3.05) is 24.2 Å². The molecule has 2 aromatic carbocycles.